The fraction of sp³-hybridized carbons (Fsp3) is 0.533. The maximum atomic E-state index is 11.4. The van der Waals surface area contributed by atoms with Crippen LogP contribution >= 0.6 is 24.0 Å². The van der Waals surface area contributed by atoms with Gasteiger partial charge in [-0.1, -0.05) is 31.5 Å². The fourth-order valence-electron chi connectivity index (χ4n) is 1.85. The van der Waals surface area contributed by atoms with E-state index in [1.165, 1.54) is 0 Å². The summed E-state index contributed by atoms with van der Waals surface area (Å²) in [5.41, 5.74) is 1.40. The molecule has 0 heterocycles. The lowest BCUT2D eigenvalue weighted by Crippen LogP contribution is -2.37. The van der Waals surface area contributed by atoms with Crippen molar-refractivity contribution in [2.75, 3.05) is 24.1 Å². The molecule has 1 aromatic carbocycles. The van der Waals surface area contributed by atoms with Gasteiger partial charge >= 0.3 is 0 Å². The van der Waals surface area contributed by atoms with Crippen molar-refractivity contribution in [3.63, 3.8) is 0 Å². The highest BCUT2D eigenvalue weighted by Crippen LogP contribution is 2.17. The van der Waals surface area contributed by atoms with Crippen LogP contribution in [0.4, 0.5) is 5.69 Å². The van der Waals surface area contributed by atoms with Crippen LogP contribution in [0.3, 0.4) is 0 Å². The van der Waals surface area contributed by atoms with E-state index < -0.39 is 10.0 Å². The lowest BCUT2D eigenvalue weighted by atomic mass is 10.2. The molecule has 132 valence electrons. The quantitative estimate of drug-likeness (QED) is 0.244. The van der Waals surface area contributed by atoms with Gasteiger partial charge in [-0.05, 0) is 25.0 Å². The topological polar surface area (TPSA) is 82.6 Å². The van der Waals surface area contributed by atoms with E-state index in [0.29, 0.717) is 12.2 Å². The number of aliphatic imine (C=N–C) groups is 1. The van der Waals surface area contributed by atoms with Crippen LogP contribution in [0.25, 0.3) is 0 Å². The van der Waals surface area contributed by atoms with E-state index in [1.807, 2.05) is 19.1 Å². The first-order chi connectivity index (χ1) is 10.5. The molecular formula is C15H27IN4O2S. The molecule has 1 aromatic rings. The van der Waals surface area contributed by atoms with Crippen LogP contribution in [0.1, 0.15) is 32.3 Å². The third kappa shape index (κ3) is 9.65. The van der Waals surface area contributed by atoms with Crippen molar-refractivity contribution in [1.29, 1.82) is 0 Å². The summed E-state index contributed by atoms with van der Waals surface area (Å²) in [6.07, 6.45) is 3.34. The number of halogens is 1. The van der Waals surface area contributed by atoms with Crippen molar-refractivity contribution in [1.82, 2.24) is 10.6 Å². The Morgan fingerprint density at radius 2 is 1.87 bits per heavy atom. The SMILES string of the molecule is CCCCNC(=NCc1ccccc1NS(C)(=O)=O)NCC.I. The van der Waals surface area contributed by atoms with E-state index in [1.54, 1.807) is 12.1 Å². The molecule has 6 nitrogen and oxygen atoms in total. The molecule has 0 fully saturated rings. The molecule has 0 aromatic heterocycles. The van der Waals surface area contributed by atoms with Crippen molar-refractivity contribution in [2.45, 2.75) is 33.2 Å². The van der Waals surface area contributed by atoms with Crippen LogP contribution < -0.4 is 15.4 Å². The van der Waals surface area contributed by atoms with Gasteiger partial charge in [0.15, 0.2) is 5.96 Å². The highest BCUT2D eigenvalue weighted by atomic mass is 127. The van der Waals surface area contributed by atoms with Gasteiger partial charge in [-0.3, -0.25) is 4.72 Å². The van der Waals surface area contributed by atoms with Gasteiger partial charge < -0.3 is 10.6 Å². The molecule has 0 bridgehead atoms. The van der Waals surface area contributed by atoms with Crippen molar-refractivity contribution in [2.24, 2.45) is 4.99 Å². The first-order valence-corrected chi connectivity index (χ1v) is 9.43. The number of nitrogens with one attached hydrogen (secondary N) is 3. The number of nitrogens with zero attached hydrogens (tertiary/aromatic N) is 1. The Morgan fingerprint density at radius 3 is 2.48 bits per heavy atom. The van der Waals surface area contributed by atoms with Gasteiger partial charge in [-0.25, -0.2) is 13.4 Å². The number of sulfonamides is 1. The van der Waals surface area contributed by atoms with Crippen molar-refractivity contribution >= 4 is 45.6 Å². The Bertz CT molecular complexity index is 591. The number of hydrogen-bond donors (Lipinski definition) is 3. The Hall–Kier alpha value is -1.03. The molecule has 1 rings (SSSR count). The summed E-state index contributed by atoms with van der Waals surface area (Å²) in [6, 6.07) is 7.27. The monoisotopic (exact) mass is 454 g/mol. The summed E-state index contributed by atoms with van der Waals surface area (Å²) >= 11 is 0. The van der Waals surface area contributed by atoms with Crippen molar-refractivity contribution < 1.29 is 8.42 Å². The first kappa shape index (κ1) is 22.0. The third-order valence-electron chi connectivity index (χ3n) is 2.89. The molecule has 8 heteroatoms. The smallest absolute Gasteiger partial charge is 0.229 e. The molecule has 0 aliphatic heterocycles. The van der Waals surface area contributed by atoms with Crippen LogP contribution in [0.2, 0.25) is 0 Å². The van der Waals surface area contributed by atoms with E-state index in [2.05, 4.69) is 27.3 Å². The molecule has 0 aliphatic rings. The summed E-state index contributed by atoms with van der Waals surface area (Å²) in [5.74, 6) is 0.741. The van der Waals surface area contributed by atoms with Gasteiger partial charge in [0.1, 0.15) is 0 Å². The number of anilines is 1. The average molecular weight is 454 g/mol. The Labute approximate surface area is 156 Å². The Morgan fingerprint density at radius 1 is 1.17 bits per heavy atom. The summed E-state index contributed by atoms with van der Waals surface area (Å²) < 4.78 is 25.3. The highest BCUT2D eigenvalue weighted by molar-refractivity contribution is 14.0. The van der Waals surface area contributed by atoms with E-state index in [-0.39, 0.29) is 24.0 Å². The zero-order valence-corrected chi connectivity index (χ0v) is 17.1. The Balaban J connectivity index is 0.00000484. The predicted octanol–water partition coefficient (Wildman–Crippen LogP) is 2.53. The molecular weight excluding hydrogens is 427 g/mol. The summed E-state index contributed by atoms with van der Waals surface area (Å²) in [4.78, 5) is 4.51. The molecule has 3 N–H and O–H groups in total. The van der Waals surface area contributed by atoms with Crippen molar-refractivity contribution in [3.8, 4) is 0 Å². The van der Waals surface area contributed by atoms with Crippen LogP contribution in [0.15, 0.2) is 29.3 Å². The number of unbranched alkanes of at least 4 members (excludes halogenated alkanes) is 1. The van der Waals surface area contributed by atoms with Crippen molar-refractivity contribution in [3.05, 3.63) is 29.8 Å². The highest BCUT2D eigenvalue weighted by Gasteiger charge is 2.06. The maximum Gasteiger partial charge on any atom is 0.229 e. The van der Waals surface area contributed by atoms with Crippen LogP contribution in [-0.4, -0.2) is 33.7 Å². The third-order valence-corrected chi connectivity index (χ3v) is 3.48. The molecule has 0 spiro atoms. The normalized spacial score (nSPS) is 11.5. The Kier molecular flexibility index (Phi) is 11.0. The molecule has 0 amide bonds. The number of rotatable bonds is 8. The second-order valence-corrected chi connectivity index (χ2v) is 6.76. The van der Waals surface area contributed by atoms with E-state index in [9.17, 15) is 8.42 Å². The van der Waals surface area contributed by atoms with Crippen LogP contribution in [0, 0.1) is 0 Å². The first-order valence-electron chi connectivity index (χ1n) is 7.54. The fourth-order valence-corrected chi connectivity index (χ4v) is 2.45. The van der Waals surface area contributed by atoms with Gasteiger partial charge in [0, 0.05) is 13.1 Å². The summed E-state index contributed by atoms with van der Waals surface area (Å²) in [5, 5.41) is 6.44. The molecule has 0 unspecified atom stereocenters. The second-order valence-electron chi connectivity index (χ2n) is 5.01. The average Bonchev–Trinajstić information content (AvgIpc) is 2.44. The van der Waals surface area contributed by atoms with E-state index in [4.69, 9.17) is 0 Å². The van der Waals surface area contributed by atoms with E-state index >= 15 is 0 Å². The second kappa shape index (κ2) is 11.5. The molecule has 0 saturated carbocycles. The van der Waals surface area contributed by atoms with Gasteiger partial charge in [0.25, 0.3) is 0 Å². The zero-order valence-electron chi connectivity index (χ0n) is 13.9. The molecule has 0 aliphatic carbocycles. The lowest BCUT2D eigenvalue weighted by Gasteiger charge is -2.12. The predicted molar refractivity (Wildman–Crippen MR) is 108 cm³/mol. The molecule has 0 atom stereocenters. The van der Waals surface area contributed by atoms with E-state index in [0.717, 1.165) is 43.7 Å². The van der Waals surface area contributed by atoms with Gasteiger partial charge in [0.2, 0.25) is 10.0 Å². The number of para-hydroxylation sites is 1. The van der Waals surface area contributed by atoms with Crippen LogP contribution in [0.5, 0.6) is 0 Å². The standard InChI is InChI=1S/C15H26N4O2S.HI/c1-4-6-11-17-15(16-5-2)18-12-13-9-7-8-10-14(13)19-22(3,20)21;/h7-10,19H,4-6,11-12H2,1-3H3,(H2,16,17,18);1H. The summed E-state index contributed by atoms with van der Waals surface area (Å²) in [6.45, 7) is 6.20. The largest absolute Gasteiger partial charge is 0.357 e. The molecule has 0 saturated heterocycles. The van der Waals surface area contributed by atoms with Crippen LogP contribution in [-0.2, 0) is 16.6 Å². The number of guanidine groups is 1. The maximum absolute atomic E-state index is 11.4. The number of hydrogen-bond acceptors (Lipinski definition) is 3. The minimum absolute atomic E-state index is 0. The minimum atomic E-state index is -3.30. The van der Waals surface area contributed by atoms with Gasteiger partial charge in [-0.2, -0.15) is 0 Å². The van der Waals surface area contributed by atoms with Gasteiger partial charge in [0.05, 0.1) is 18.5 Å². The zero-order chi connectivity index (χ0) is 16.4. The van der Waals surface area contributed by atoms with Gasteiger partial charge in [-0.15, -0.1) is 24.0 Å². The number of benzene rings is 1. The summed E-state index contributed by atoms with van der Waals surface area (Å²) in [7, 11) is -3.30. The lowest BCUT2D eigenvalue weighted by molar-refractivity contribution is 0.606. The molecule has 23 heavy (non-hydrogen) atoms. The minimum Gasteiger partial charge on any atom is -0.357 e. The molecule has 0 radical (unpaired) electrons.